The molecule has 1 fully saturated rings. The smallest absolute Gasteiger partial charge is 0.256 e. The van der Waals surface area contributed by atoms with Crippen molar-refractivity contribution in [3.8, 4) is 0 Å². The average molecular weight is 340 g/mol. The van der Waals surface area contributed by atoms with Gasteiger partial charge in [0, 0.05) is 17.9 Å². The van der Waals surface area contributed by atoms with Crippen LogP contribution in [0.25, 0.3) is 5.65 Å². The summed E-state index contributed by atoms with van der Waals surface area (Å²) in [6.45, 7) is 6.81. The molecule has 1 saturated carbocycles. The third kappa shape index (κ3) is 2.94. The highest BCUT2D eigenvalue weighted by molar-refractivity contribution is 5.99. The molecule has 0 bridgehead atoms. The van der Waals surface area contributed by atoms with Gasteiger partial charge in [0.2, 0.25) is 0 Å². The Balaban J connectivity index is 1.60. The predicted octanol–water partition coefficient (Wildman–Crippen LogP) is 3.41. The second-order valence-corrected chi connectivity index (χ2v) is 8.22. The lowest BCUT2D eigenvalue weighted by Crippen LogP contribution is -2.43. The van der Waals surface area contributed by atoms with Crippen molar-refractivity contribution in [2.24, 2.45) is 17.8 Å². The van der Waals surface area contributed by atoms with E-state index >= 15 is 0 Å². The number of hydrogen-bond acceptors (Lipinski definition) is 3. The van der Waals surface area contributed by atoms with Crippen LogP contribution in [0.15, 0.2) is 12.4 Å². The van der Waals surface area contributed by atoms with Gasteiger partial charge in [0.25, 0.3) is 5.91 Å². The number of carbonyl (C=O) groups is 1. The number of rotatable bonds is 2. The van der Waals surface area contributed by atoms with E-state index in [1.165, 1.54) is 30.5 Å². The van der Waals surface area contributed by atoms with Crippen LogP contribution in [0.1, 0.15) is 68.1 Å². The van der Waals surface area contributed by atoms with Crippen LogP contribution < -0.4 is 5.32 Å². The molecule has 0 radical (unpaired) electrons. The van der Waals surface area contributed by atoms with Gasteiger partial charge in [-0.25, -0.2) is 9.50 Å². The maximum absolute atomic E-state index is 12.9. The quantitative estimate of drug-likeness (QED) is 0.911. The lowest BCUT2D eigenvalue weighted by Gasteiger charge is -2.34. The summed E-state index contributed by atoms with van der Waals surface area (Å²) in [5.74, 6) is 1.84. The highest BCUT2D eigenvalue weighted by atomic mass is 16.1. The van der Waals surface area contributed by atoms with Gasteiger partial charge >= 0.3 is 0 Å². The highest BCUT2D eigenvalue weighted by Crippen LogP contribution is 2.30. The molecule has 5 nitrogen and oxygen atoms in total. The van der Waals surface area contributed by atoms with E-state index in [4.69, 9.17) is 0 Å². The van der Waals surface area contributed by atoms with Crippen LogP contribution in [0.3, 0.4) is 0 Å². The van der Waals surface area contributed by atoms with Gasteiger partial charge in [-0.2, -0.15) is 5.10 Å². The van der Waals surface area contributed by atoms with Crippen molar-refractivity contribution in [3.05, 3.63) is 29.2 Å². The van der Waals surface area contributed by atoms with E-state index in [2.05, 4.69) is 36.2 Å². The molecule has 2 aromatic rings. The fraction of sp³-hybridized carbons (Fsp3) is 0.650. The van der Waals surface area contributed by atoms with E-state index in [1.807, 2.05) is 10.7 Å². The highest BCUT2D eigenvalue weighted by Gasteiger charge is 2.29. The fourth-order valence-electron chi connectivity index (χ4n) is 4.50. The molecule has 4 rings (SSSR count). The normalized spacial score (nSPS) is 29.4. The molecule has 0 spiro atoms. The van der Waals surface area contributed by atoms with Crippen molar-refractivity contribution in [2.75, 3.05) is 0 Å². The molecule has 5 heteroatoms. The Bertz CT molecular complexity index is 796. The topological polar surface area (TPSA) is 59.3 Å². The number of fused-ring (bicyclic) bond motifs is 3. The van der Waals surface area contributed by atoms with Gasteiger partial charge in [0.15, 0.2) is 5.65 Å². The summed E-state index contributed by atoms with van der Waals surface area (Å²) >= 11 is 0. The van der Waals surface area contributed by atoms with Gasteiger partial charge in [-0.1, -0.05) is 33.6 Å². The first-order valence-electron chi connectivity index (χ1n) is 9.70. The SMILES string of the molecule is C[C@@H]1CCc2c(cnc3c(C(=O)N[C@@H]4CCC[C@H](C)[C@H]4C)cnn23)C1. The zero-order valence-electron chi connectivity index (χ0n) is 15.5. The summed E-state index contributed by atoms with van der Waals surface area (Å²) in [5, 5.41) is 7.75. The molecule has 0 aliphatic heterocycles. The fourth-order valence-corrected chi connectivity index (χ4v) is 4.50. The number of amides is 1. The minimum atomic E-state index is -0.0300. The minimum Gasteiger partial charge on any atom is -0.349 e. The molecule has 4 atom stereocenters. The largest absolute Gasteiger partial charge is 0.349 e. The molecule has 2 aliphatic rings. The second kappa shape index (κ2) is 6.43. The van der Waals surface area contributed by atoms with Gasteiger partial charge in [-0.05, 0) is 49.0 Å². The molecule has 134 valence electrons. The van der Waals surface area contributed by atoms with E-state index < -0.39 is 0 Å². The Morgan fingerprint density at radius 1 is 1.20 bits per heavy atom. The molecule has 1 N–H and O–H groups in total. The zero-order valence-corrected chi connectivity index (χ0v) is 15.5. The Labute approximate surface area is 149 Å². The van der Waals surface area contributed by atoms with Crippen molar-refractivity contribution >= 4 is 11.6 Å². The van der Waals surface area contributed by atoms with Crippen LogP contribution in [0, 0.1) is 17.8 Å². The number of aryl methyl sites for hydroxylation is 1. The second-order valence-electron chi connectivity index (χ2n) is 8.22. The van der Waals surface area contributed by atoms with Crippen molar-refractivity contribution in [3.63, 3.8) is 0 Å². The number of aromatic nitrogens is 3. The lowest BCUT2D eigenvalue weighted by atomic mass is 9.78. The maximum Gasteiger partial charge on any atom is 0.256 e. The summed E-state index contributed by atoms with van der Waals surface area (Å²) < 4.78 is 1.89. The first-order chi connectivity index (χ1) is 12.0. The number of nitrogens with one attached hydrogen (secondary N) is 1. The molecule has 1 amide bonds. The molecule has 0 saturated heterocycles. The molecule has 0 unspecified atom stereocenters. The van der Waals surface area contributed by atoms with Gasteiger partial charge < -0.3 is 5.32 Å². The first-order valence-corrected chi connectivity index (χ1v) is 9.70. The maximum atomic E-state index is 12.9. The van der Waals surface area contributed by atoms with E-state index in [0.29, 0.717) is 29.0 Å². The molecule has 2 aliphatic carbocycles. The van der Waals surface area contributed by atoms with Crippen LogP contribution in [0.2, 0.25) is 0 Å². The number of hydrogen-bond donors (Lipinski definition) is 1. The van der Waals surface area contributed by atoms with Crippen LogP contribution in [-0.2, 0) is 12.8 Å². The van der Waals surface area contributed by atoms with Crippen LogP contribution in [-0.4, -0.2) is 26.5 Å². The van der Waals surface area contributed by atoms with Gasteiger partial charge in [0.05, 0.1) is 6.20 Å². The molecule has 2 aromatic heterocycles. The third-order valence-electron chi connectivity index (χ3n) is 6.42. The van der Waals surface area contributed by atoms with E-state index in [-0.39, 0.29) is 11.9 Å². The molecular formula is C20H28N4O. The summed E-state index contributed by atoms with van der Waals surface area (Å²) in [5.41, 5.74) is 3.80. The van der Waals surface area contributed by atoms with Gasteiger partial charge in [-0.15, -0.1) is 0 Å². The van der Waals surface area contributed by atoms with Gasteiger partial charge in [0.1, 0.15) is 5.56 Å². The first kappa shape index (κ1) is 16.6. The van der Waals surface area contributed by atoms with Gasteiger partial charge in [-0.3, -0.25) is 4.79 Å². The van der Waals surface area contributed by atoms with Crippen LogP contribution >= 0.6 is 0 Å². The minimum absolute atomic E-state index is 0.0300. The number of nitrogens with zero attached hydrogens (tertiary/aromatic N) is 3. The Kier molecular flexibility index (Phi) is 4.26. The standard InChI is InChI=1S/C20H28N4O/c1-12-7-8-18-15(9-12)10-21-19-16(11-22-24(18)19)20(25)23-17-6-4-5-13(2)14(17)3/h10-14,17H,4-9H2,1-3H3,(H,23,25)/t12-,13+,14-,17-/m1/s1. The van der Waals surface area contributed by atoms with Crippen molar-refractivity contribution < 1.29 is 4.79 Å². The van der Waals surface area contributed by atoms with Crippen molar-refractivity contribution in [1.82, 2.24) is 19.9 Å². The third-order valence-corrected chi connectivity index (χ3v) is 6.42. The number of carbonyl (C=O) groups excluding carboxylic acids is 1. The van der Waals surface area contributed by atoms with E-state index in [1.54, 1.807) is 6.20 Å². The van der Waals surface area contributed by atoms with Crippen molar-refractivity contribution in [1.29, 1.82) is 0 Å². The summed E-state index contributed by atoms with van der Waals surface area (Å²) in [7, 11) is 0. The molecule has 25 heavy (non-hydrogen) atoms. The average Bonchev–Trinajstić information content (AvgIpc) is 3.03. The molecule has 2 heterocycles. The predicted molar refractivity (Wildman–Crippen MR) is 97.6 cm³/mol. The Morgan fingerprint density at radius 2 is 2.04 bits per heavy atom. The van der Waals surface area contributed by atoms with Crippen LogP contribution in [0.5, 0.6) is 0 Å². The molecular weight excluding hydrogens is 312 g/mol. The Morgan fingerprint density at radius 3 is 2.88 bits per heavy atom. The summed E-state index contributed by atoms with van der Waals surface area (Å²) in [6.07, 6.45) is 10.4. The van der Waals surface area contributed by atoms with E-state index in [0.717, 1.165) is 19.3 Å². The van der Waals surface area contributed by atoms with Crippen molar-refractivity contribution in [2.45, 2.75) is 65.3 Å². The summed E-state index contributed by atoms with van der Waals surface area (Å²) in [4.78, 5) is 17.4. The lowest BCUT2D eigenvalue weighted by molar-refractivity contribution is 0.0892. The summed E-state index contributed by atoms with van der Waals surface area (Å²) in [6, 6.07) is 0.254. The zero-order chi connectivity index (χ0) is 17.6. The van der Waals surface area contributed by atoms with Crippen LogP contribution in [0.4, 0.5) is 0 Å². The monoisotopic (exact) mass is 340 g/mol. The van der Waals surface area contributed by atoms with E-state index in [9.17, 15) is 4.79 Å². The Hall–Kier alpha value is -1.91. The molecule has 0 aromatic carbocycles.